The van der Waals surface area contributed by atoms with E-state index in [0.29, 0.717) is 17.7 Å². The van der Waals surface area contributed by atoms with E-state index in [2.05, 4.69) is 0 Å². The van der Waals surface area contributed by atoms with Crippen molar-refractivity contribution in [2.75, 3.05) is 6.61 Å². The van der Waals surface area contributed by atoms with Gasteiger partial charge in [0.2, 0.25) is 0 Å². The number of benzene rings is 2. The van der Waals surface area contributed by atoms with Crippen LogP contribution in [0, 0.1) is 11.6 Å². The zero-order valence-electron chi connectivity index (χ0n) is 12.2. The Hall–Kier alpha value is -2.27. The summed E-state index contributed by atoms with van der Waals surface area (Å²) >= 11 is 0. The minimum atomic E-state index is -0.642. The van der Waals surface area contributed by atoms with Crippen LogP contribution in [0.3, 0.4) is 0 Å². The van der Waals surface area contributed by atoms with Crippen LogP contribution >= 0.6 is 0 Å². The van der Waals surface area contributed by atoms with Crippen molar-refractivity contribution in [3.05, 3.63) is 59.7 Å². The first-order valence-electron chi connectivity index (χ1n) is 6.98. The predicted molar refractivity (Wildman–Crippen MR) is 80.0 cm³/mol. The zero-order valence-corrected chi connectivity index (χ0v) is 12.2. The van der Waals surface area contributed by atoms with E-state index in [1.54, 1.807) is 31.2 Å². The van der Waals surface area contributed by atoms with Crippen LogP contribution in [-0.4, -0.2) is 12.6 Å². The molecule has 1 atom stereocenters. The van der Waals surface area contributed by atoms with Crippen LogP contribution in [0.25, 0.3) is 11.1 Å². The standard InChI is InChI=1S/C17H17F2NO2/c1-2-22-17(21)10-16(20)12-5-3-4-11(8-12)14-7-6-13(18)9-15(14)19/h3-9,16H,2,10,20H2,1H3/t16-/m0/s1. The van der Waals surface area contributed by atoms with E-state index in [-0.39, 0.29) is 18.0 Å². The van der Waals surface area contributed by atoms with Crippen LogP contribution in [0.4, 0.5) is 8.78 Å². The van der Waals surface area contributed by atoms with Gasteiger partial charge in [0.05, 0.1) is 13.0 Å². The maximum Gasteiger partial charge on any atom is 0.307 e. The van der Waals surface area contributed by atoms with Crippen LogP contribution in [0.1, 0.15) is 24.9 Å². The lowest BCUT2D eigenvalue weighted by Crippen LogP contribution is -2.17. The highest BCUT2D eigenvalue weighted by Crippen LogP contribution is 2.26. The molecule has 2 rings (SSSR count). The second-order valence-electron chi connectivity index (χ2n) is 4.87. The van der Waals surface area contributed by atoms with Gasteiger partial charge in [-0.1, -0.05) is 18.2 Å². The van der Waals surface area contributed by atoms with E-state index in [9.17, 15) is 13.6 Å². The molecule has 2 aromatic carbocycles. The van der Waals surface area contributed by atoms with Crippen LogP contribution in [0.5, 0.6) is 0 Å². The van der Waals surface area contributed by atoms with Crippen molar-refractivity contribution in [2.24, 2.45) is 5.73 Å². The molecule has 0 saturated carbocycles. The number of carbonyl (C=O) groups excluding carboxylic acids is 1. The van der Waals surface area contributed by atoms with E-state index in [1.807, 2.05) is 0 Å². The largest absolute Gasteiger partial charge is 0.466 e. The second kappa shape index (κ2) is 7.13. The minimum Gasteiger partial charge on any atom is -0.466 e. The fourth-order valence-electron chi connectivity index (χ4n) is 2.18. The summed E-state index contributed by atoms with van der Waals surface area (Å²) in [7, 11) is 0. The van der Waals surface area contributed by atoms with Crippen molar-refractivity contribution in [2.45, 2.75) is 19.4 Å². The minimum absolute atomic E-state index is 0.0448. The molecule has 0 saturated heterocycles. The van der Waals surface area contributed by atoms with Gasteiger partial charge in [0.15, 0.2) is 0 Å². The average Bonchev–Trinajstić information content (AvgIpc) is 2.47. The molecular weight excluding hydrogens is 288 g/mol. The molecular formula is C17H17F2NO2. The quantitative estimate of drug-likeness (QED) is 0.859. The van der Waals surface area contributed by atoms with Crippen molar-refractivity contribution >= 4 is 5.97 Å². The SMILES string of the molecule is CCOC(=O)C[C@H](N)c1cccc(-c2ccc(F)cc2F)c1. The molecule has 0 aliphatic rings. The number of ether oxygens (including phenoxy) is 1. The Balaban J connectivity index is 2.24. The Morgan fingerprint density at radius 2 is 2.00 bits per heavy atom. The Bertz CT molecular complexity index is 673. The van der Waals surface area contributed by atoms with Gasteiger partial charge < -0.3 is 10.5 Å². The Morgan fingerprint density at radius 1 is 1.23 bits per heavy atom. The van der Waals surface area contributed by atoms with Gasteiger partial charge in [-0.05, 0) is 36.2 Å². The number of hydrogen-bond donors (Lipinski definition) is 1. The van der Waals surface area contributed by atoms with Gasteiger partial charge in [-0.2, -0.15) is 0 Å². The normalized spacial score (nSPS) is 12.0. The molecule has 0 aliphatic carbocycles. The van der Waals surface area contributed by atoms with Gasteiger partial charge in [0, 0.05) is 17.7 Å². The van der Waals surface area contributed by atoms with Crippen LogP contribution in [-0.2, 0) is 9.53 Å². The second-order valence-corrected chi connectivity index (χ2v) is 4.87. The van der Waals surface area contributed by atoms with Crippen molar-refractivity contribution in [3.63, 3.8) is 0 Å². The van der Waals surface area contributed by atoms with Gasteiger partial charge in [0.1, 0.15) is 11.6 Å². The summed E-state index contributed by atoms with van der Waals surface area (Å²) in [5, 5.41) is 0. The van der Waals surface area contributed by atoms with Crippen LogP contribution in [0.15, 0.2) is 42.5 Å². The first kappa shape index (κ1) is 16.1. The molecule has 0 radical (unpaired) electrons. The number of halogens is 2. The van der Waals surface area contributed by atoms with E-state index < -0.39 is 17.7 Å². The van der Waals surface area contributed by atoms with Crippen molar-refractivity contribution in [3.8, 4) is 11.1 Å². The maximum atomic E-state index is 13.8. The summed E-state index contributed by atoms with van der Waals surface area (Å²) in [6.07, 6.45) is 0.0448. The molecule has 0 aliphatic heterocycles. The number of carbonyl (C=O) groups is 1. The third-order valence-corrected chi connectivity index (χ3v) is 3.25. The van der Waals surface area contributed by atoms with Gasteiger partial charge in [-0.3, -0.25) is 4.79 Å². The lowest BCUT2D eigenvalue weighted by atomic mass is 9.98. The molecule has 0 unspecified atom stereocenters. The topological polar surface area (TPSA) is 52.3 Å². The summed E-state index contributed by atoms with van der Waals surface area (Å²) in [4.78, 5) is 11.5. The molecule has 0 bridgehead atoms. The first-order valence-corrected chi connectivity index (χ1v) is 6.98. The highest BCUT2D eigenvalue weighted by molar-refractivity contribution is 5.71. The Labute approximate surface area is 127 Å². The molecule has 0 fully saturated rings. The Kier molecular flexibility index (Phi) is 5.22. The third-order valence-electron chi connectivity index (χ3n) is 3.25. The molecule has 5 heteroatoms. The first-order chi connectivity index (χ1) is 10.5. The van der Waals surface area contributed by atoms with Gasteiger partial charge in [0.25, 0.3) is 0 Å². The molecule has 116 valence electrons. The number of hydrogen-bond acceptors (Lipinski definition) is 3. The number of nitrogens with two attached hydrogens (primary N) is 1. The third kappa shape index (κ3) is 3.89. The van der Waals surface area contributed by atoms with Crippen molar-refractivity contribution in [1.29, 1.82) is 0 Å². The summed E-state index contributed by atoms with van der Waals surface area (Å²) in [6.45, 7) is 2.02. The lowest BCUT2D eigenvalue weighted by Gasteiger charge is -2.13. The van der Waals surface area contributed by atoms with Gasteiger partial charge in [-0.25, -0.2) is 8.78 Å². The fourth-order valence-corrected chi connectivity index (χ4v) is 2.18. The summed E-state index contributed by atoms with van der Waals surface area (Å²) in [5.41, 5.74) is 7.53. The lowest BCUT2D eigenvalue weighted by molar-refractivity contribution is -0.143. The molecule has 0 amide bonds. The monoisotopic (exact) mass is 305 g/mol. The van der Waals surface area contributed by atoms with E-state index in [0.717, 1.165) is 6.07 Å². The Morgan fingerprint density at radius 3 is 2.68 bits per heavy atom. The highest BCUT2D eigenvalue weighted by Gasteiger charge is 2.14. The smallest absolute Gasteiger partial charge is 0.307 e. The van der Waals surface area contributed by atoms with E-state index >= 15 is 0 Å². The number of rotatable bonds is 5. The highest BCUT2D eigenvalue weighted by atomic mass is 19.1. The summed E-state index contributed by atoms with van der Waals surface area (Å²) in [5.74, 6) is -1.65. The molecule has 0 heterocycles. The molecule has 3 nitrogen and oxygen atoms in total. The molecule has 0 aromatic heterocycles. The fraction of sp³-hybridized carbons (Fsp3) is 0.235. The maximum absolute atomic E-state index is 13.8. The molecule has 2 aromatic rings. The molecule has 22 heavy (non-hydrogen) atoms. The zero-order chi connectivity index (χ0) is 16.1. The van der Waals surface area contributed by atoms with E-state index in [1.165, 1.54) is 12.1 Å². The van der Waals surface area contributed by atoms with Gasteiger partial charge in [-0.15, -0.1) is 0 Å². The number of esters is 1. The summed E-state index contributed by atoms with van der Waals surface area (Å²) < 4.78 is 31.7. The van der Waals surface area contributed by atoms with Crippen molar-refractivity contribution < 1.29 is 18.3 Å². The molecule has 2 N–H and O–H groups in total. The summed E-state index contributed by atoms with van der Waals surface area (Å²) in [6, 6.07) is 9.75. The van der Waals surface area contributed by atoms with Crippen molar-refractivity contribution in [1.82, 2.24) is 0 Å². The van der Waals surface area contributed by atoms with Crippen LogP contribution in [0.2, 0.25) is 0 Å². The molecule has 0 spiro atoms. The van der Waals surface area contributed by atoms with Crippen LogP contribution < -0.4 is 5.73 Å². The van der Waals surface area contributed by atoms with Gasteiger partial charge >= 0.3 is 5.97 Å². The van der Waals surface area contributed by atoms with E-state index in [4.69, 9.17) is 10.5 Å². The average molecular weight is 305 g/mol. The predicted octanol–water partition coefficient (Wildman–Crippen LogP) is 3.58.